The van der Waals surface area contributed by atoms with Crippen LogP contribution in [0.1, 0.15) is 31.8 Å². The second kappa shape index (κ2) is 8.52. The monoisotopic (exact) mass is 371 g/mol. The van der Waals surface area contributed by atoms with E-state index in [0.29, 0.717) is 22.6 Å². The van der Waals surface area contributed by atoms with Gasteiger partial charge in [-0.1, -0.05) is 18.1 Å². The lowest BCUT2D eigenvalue weighted by atomic mass is 10.1. The SMILES string of the molecule is C#Cc1ccc(C(=O)Nc2cccc(COc3cncc(C(N)=O)c3)c2)cc1. The zero-order valence-electron chi connectivity index (χ0n) is 14.9. The summed E-state index contributed by atoms with van der Waals surface area (Å²) in [6.45, 7) is 0.241. The van der Waals surface area contributed by atoms with E-state index < -0.39 is 5.91 Å². The first kappa shape index (κ1) is 18.7. The van der Waals surface area contributed by atoms with Crippen LogP contribution < -0.4 is 15.8 Å². The van der Waals surface area contributed by atoms with E-state index in [1.807, 2.05) is 12.1 Å². The van der Waals surface area contributed by atoms with Gasteiger partial charge in [-0.05, 0) is 48.0 Å². The highest BCUT2D eigenvalue weighted by Gasteiger charge is 2.07. The van der Waals surface area contributed by atoms with Crippen LogP contribution in [-0.4, -0.2) is 16.8 Å². The molecule has 28 heavy (non-hydrogen) atoms. The van der Waals surface area contributed by atoms with Crippen LogP contribution in [0, 0.1) is 12.3 Å². The number of amides is 2. The molecule has 0 atom stereocenters. The molecule has 0 saturated carbocycles. The Bertz CT molecular complexity index is 1050. The van der Waals surface area contributed by atoms with Gasteiger partial charge >= 0.3 is 0 Å². The zero-order chi connectivity index (χ0) is 19.9. The first-order chi connectivity index (χ1) is 13.5. The van der Waals surface area contributed by atoms with Crippen molar-refractivity contribution < 1.29 is 14.3 Å². The van der Waals surface area contributed by atoms with E-state index in [4.69, 9.17) is 16.9 Å². The molecule has 0 aliphatic heterocycles. The molecule has 1 aromatic heterocycles. The summed E-state index contributed by atoms with van der Waals surface area (Å²) >= 11 is 0. The second-order valence-corrected chi connectivity index (χ2v) is 5.94. The molecule has 3 N–H and O–H groups in total. The van der Waals surface area contributed by atoms with Gasteiger partial charge in [-0.3, -0.25) is 14.6 Å². The Kier molecular flexibility index (Phi) is 5.68. The van der Waals surface area contributed by atoms with Crippen molar-refractivity contribution in [3.05, 3.63) is 89.2 Å². The predicted molar refractivity (Wildman–Crippen MR) is 106 cm³/mol. The Hall–Kier alpha value is -4.11. The molecule has 0 aliphatic rings. The van der Waals surface area contributed by atoms with E-state index >= 15 is 0 Å². The number of hydrogen-bond donors (Lipinski definition) is 2. The summed E-state index contributed by atoms with van der Waals surface area (Å²) in [5, 5.41) is 2.84. The van der Waals surface area contributed by atoms with Crippen molar-refractivity contribution in [3.8, 4) is 18.1 Å². The molecule has 3 rings (SSSR count). The lowest BCUT2D eigenvalue weighted by molar-refractivity contribution is 0.0997. The van der Waals surface area contributed by atoms with Crippen LogP contribution in [-0.2, 0) is 6.61 Å². The van der Waals surface area contributed by atoms with Gasteiger partial charge < -0.3 is 15.8 Å². The largest absolute Gasteiger partial charge is 0.487 e. The van der Waals surface area contributed by atoms with E-state index in [2.05, 4.69) is 16.2 Å². The van der Waals surface area contributed by atoms with Crippen molar-refractivity contribution in [1.82, 2.24) is 4.98 Å². The Labute approximate surface area is 162 Å². The van der Waals surface area contributed by atoms with E-state index in [1.165, 1.54) is 18.5 Å². The number of primary amides is 1. The molecule has 0 unspecified atom stereocenters. The van der Waals surface area contributed by atoms with Crippen LogP contribution in [0.5, 0.6) is 5.75 Å². The quantitative estimate of drug-likeness (QED) is 0.651. The van der Waals surface area contributed by atoms with Gasteiger partial charge in [-0.2, -0.15) is 0 Å². The number of ether oxygens (including phenoxy) is 1. The third kappa shape index (κ3) is 4.74. The minimum Gasteiger partial charge on any atom is -0.487 e. The van der Waals surface area contributed by atoms with Crippen LogP contribution in [0.3, 0.4) is 0 Å². The van der Waals surface area contributed by atoms with Gasteiger partial charge in [-0.25, -0.2) is 0 Å². The number of aromatic nitrogens is 1. The van der Waals surface area contributed by atoms with Gasteiger partial charge in [0.15, 0.2) is 0 Å². The maximum Gasteiger partial charge on any atom is 0.255 e. The lowest BCUT2D eigenvalue weighted by Gasteiger charge is -2.09. The van der Waals surface area contributed by atoms with Crippen LogP contribution in [0.4, 0.5) is 5.69 Å². The van der Waals surface area contributed by atoms with Gasteiger partial charge in [0.25, 0.3) is 5.91 Å². The van der Waals surface area contributed by atoms with Gasteiger partial charge in [0.1, 0.15) is 12.4 Å². The number of terminal acetylenes is 1. The molecular weight excluding hydrogens is 354 g/mol. The van der Waals surface area contributed by atoms with Crippen molar-refractivity contribution in [2.24, 2.45) is 5.73 Å². The standard InChI is InChI=1S/C22H17N3O3/c1-2-15-6-8-17(9-7-15)22(27)25-19-5-3-4-16(10-19)14-28-20-11-18(21(23)26)12-24-13-20/h1,3-13H,14H2,(H2,23,26)(H,25,27). The summed E-state index contributed by atoms with van der Waals surface area (Å²) in [4.78, 5) is 27.5. The number of nitrogens with zero attached hydrogens (tertiary/aromatic N) is 1. The number of pyridine rings is 1. The summed E-state index contributed by atoms with van der Waals surface area (Å²) in [5.41, 5.74) is 8.20. The number of rotatable bonds is 6. The second-order valence-electron chi connectivity index (χ2n) is 5.94. The third-order valence-corrected chi connectivity index (χ3v) is 3.90. The van der Waals surface area contributed by atoms with Crippen molar-refractivity contribution in [2.45, 2.75) is 6.61 Å². The number of nitrogens with two attached hydrogens (primary N) is 1. The summed E-state index contributed by atoms with van der Waals surface area (Å²) in [6.07, 6.45) is 8.19. The molecule has 3 aromatic rings. The fraction of sp³-hybridized carbons (Fsp3) is 0.0455. The van der Waals surface area contributed by atoms with Crippen molar-refractivity contribution in [2.75, 3.05) is 5.32 Å². The number of benzene rings is 2. The molecule has 0 spiro atoms. The highest BCUT2D eigenvalue weighted by atomic mass is 16.5. The summed E-state index contributed by atoms with van der Waals surface area (Å²) < 4.78 is 5.65. The molecule has 0 saturated heterocycles. The topological polar surface area (TPSA) is 94.3 Å². The number of nitrogens with one attached hydrogen (secondary N) is 1. The highest BCUT2D eigenvalue weighted by molar-refractivity contribution is 6.04. The molecule has 138 valence electrons. The fourth-order valence-electron chi connectivity index (χ4n) is 2.46. The first-order valence-corrected chi connectivity index (χ1v) is 8.40. The molecular formula is C22H17N3O3. The average Bonchev–Trinajstić information content (AvgIpc) is 2.73. The molecule has 0 fully saturated rings. The zero-order valence-corrected chi connectivity index (χ0v) is 14.9. The first-order valence-electron chi connectivity index (χ1n) is 8.40. The number of carbonyl (C=O) groups is 2. The molecule has 2 aromatic carbocycles. The van der Waals surface area contributed by atoms with Crippen LogP contribution in [0.2, 0.25) is 0 Å². The van der Waals surface area contributed by atoms with Crippen LogP contribution in [0.15, 0.2) is 67.0 Å². The Balaban J connectivity index is 1.65. The molecule has 6 nitrogen and oxygen atoms in total. The maximum absolute atomic E-state index is 12.4. The molecule has 0 radical (unpaired) electrons. The van der Waals surface area contributed by atoms with E-state index in [9.17, 15) is 9.59 Å². The summed E-state index contributed by atoms with van der Waals surface area (Å²) in [6, 6.07) is 15.6. The molecule has 6 heteroatoms. The highest BCUT2D eigenvalue weighted by Crippen LogP contribution is 2.16. The molecule has 2 amide bonds. The van der Waals surface area contributed by atoms with Gasteiger partial charge in [-0.15, -0.1) is 6.42 Å². The lowest BCUT2D eigenvalue weighted by Crippen LogP contribution is -2.12. The van der Waals surface area contributed by atoms with E-state index in [1.54, 1.807) is 36.4 Å². The third-order valence-electron chi connectivity index (χ3n) is 3.90. The molecule has 1 heterocycles. The number of carbonyl (C=O) groups excluding carboxylic acids is 2. The van der Waals surface area contributed by atoms with Gasteiger partial charge in [0, 0.05) is 23.0 Å². The van der Waals surface area contributed by atoms with Crippen LogP contribution >= 0.6 is 0 Å². The minimum atomic E-state index is -0.571. The van der Waals surface area contributed by atoms with E-state index in [-0.39, 0.29) is 18.1 Å². The van der Waals surface area contributed by atoms with Crippen molar-refractivity contribution >= 4 is 17.5 Å². The van der Waals surface area contributed by atoms with Gasteiger partial charge in [0.2, 0.25) is 5.91 Å². The van der Waals surface area contributed by atoms with Crippen molar-refractivity contribution in [1.29, 1.82) is 0 Å². The number of hydrogen-bond acceptors (Lipinski definition) is 4. The van der Waals surface area contributed by atoms with Gasteiger partial charge in [0.05, 0.1) is 11.8 Å². The summed E-state index contributed by atoms with van der Waals surface area (Å²) in [7, 11) is 0. The average molecular weight is 371 g/mol. The summed E-state index contributed by atoms with van der Waals surface area (Å²) in [5.74, 6) is 2.13. The molecule has 0 bridgehead atoms. The number of anilines is 1. The normalized spacial score (nSPS) is 9.96. The Morgan fingerprint density at radius 3 is 2.57 bits per heavy atom. The predicted octanol–water partition coefficient (Wildman–Crippen LogP) is 2.99. The smallest absolute Gasteiger partial charge is 0.255 e. The van der Waals surface area contributed by atoms with Crippen molar-refractivity contribution in [3.63, 3.8) is 0 Å². The fourth-order valence-corrected chi connectivity index (χ4v) is 2.46. The Morgan fingerprint density at radius 2 is 1.86 bits per heavy atom. The Morgan fingerprint density at radius 1 is 1.07 bits per heavy atom. The van der Waals surface area contributed by atoms with E-state index in [0.717, 1.165) is 5.56 Å². The van der Waals surface area contributed by atoms with Crippen LogP contribution in [0.25, 0.3) is 0 Å². The molecule has 0 aliphatic carbocycles. The maximum atomic E-state index is 12.4. The minimum absolute atomic E-state index is 0.236.